The fraction of sp³-hybridized carbons (Fsp3) is 0.357. The summed E-state index contributed by atoms with van der Waals surface area (Å²) in [5.74, 6) is 0.655. The van der Waals surface area contributed by atoms with Crippen LogP contribution >= 0.6 is 0 Å². The van der Waals surface area contributed by atoms with Gasteiger partial charge in [-0.3, -0.25) is 15.5 Å². The second-order valence-corrected chi connectivity index (χ2v) is 5.99. The third-order valence-corrected chi connectivity index (χ3v) is 4.51. The summed E-state index contributed by atoms with van der Waals surface area (Å²) >= 11 is 0. The number of nitro groups is 1. The molecule has 9 heteroatoms. The van der Waals surface area contributed by atoms with Crippen molar-refractivity contribution in [2.24, 2.45) is 11.0 Å². The highest BCUT2D eigenvalue weighted by Gasteiger charge is 2.51. The van der Waals surface area contributed by atoms with Gasteiger partial charge in [-0.2, -0.15) is 15.2 Å². The maximum Gasteiger partial charge on any atom is 0.269 e. The molecule has 3 atom stereocenters. The smallest absolute Gasteiger partial charge is 0.269 e. The Kier molecular flexibility index (Phi) is 2.68. The molecule has 23 heavy (non-hydrogen) atoms. The van der Waals surface area contributed by atoms with E-state index in [4.69, 9.17) is 0 Å². The average molecular weight is 313 g/mol. The number of nitro benzene ring substituents is 1. The lowest BCUT2D eigenvalue weighted by Gasteiger charge is -2.42. The number of nitrogens with one attached hydrogen (secondary N) is 2. The molecule has 9 nitrogen and oxygen atoms in total. The second-order valence-electron chi connectivity index (χ2n) is 5.99. The minimum Gasteiger partial charge on any atom is -0.330 e. The molecule has 1 aromatic heterocycles. The number of fused-ring (bicyclic) bond motifs is 2. The minimum absolute atomic E-state index is 0.0122. The van der Waals surface area contributed by atoms with Gasteiger partial charge in [-0.05, 0) is 19.4 Å². The Morgan fingerprint density at radius 3 is 2.78 bits per heavy atom. The van der Waals surface area contributed by atoms with Crippen LogP contribution in [0.2, 0.25) is 0 Å². The number of hydrogen-bond donors (Lipinski definition) is 2. The lowest BCUT2D eigenvalue weighted by atomic mass is 9.80. The van der Waals surface area contributed by atoms with E-state index in [1.807, 2.05) is 13.8 Å². The lowest BCUT2D eigenvalue weighted by Crippen LogP contribution is -2.57. The van der Waals surface area contributed by atoms with Gasteiger partial charge in [-0.1, -0.05) is 12.1 Å². The van der Waals surface area contributed by atoms with E-state index in [2.05, 4.69) is 25.9 Å². The summed E-state index contributed by atoms with van der Waals surface area (Å²) in [7, 11) is 0. The largest absolute Gasteiger partial charge is 0.330 e. The monoisotopic (exact) mass is 313 g/mol. The summed E-state index contributed by atoms with van der Waals surface area (Å²) in [5, 5.41) is 22.9. The van der Waals surface area contributed by atoms with Gasteiger partial charge in [0.2, 0.25) is 5.95 Å². The van der Waals surface area contributed by atoms with Crippen LogP contribution in [0.3, 0.4) is 0 Å². The van der Waals surface area contributed by atoms with E-state index < -0.39 is 10.6 Å². The second kappa shape index (κ2) is 4.51. The third-order valence-electron chi connectivity index (χ3n) is 4.51. The van der Waals surface area contributed by atoms with Crippen LogP contribution in [0.25, 0.3) is 0 Å². The minimum atomic E-state index is -0.473. The molecule has 0 bridgehead atoms. The molecule has 0 radical (unpaired) electrons. The first-order valence-electron chi connectivity index (χ1n) is 7.23. The molecule has 3 heterocycles. The number of rotatable bonds is 2. The molecule has 0 fully saturated rings. The zero-order valence-corrected chi connectivity index (χ0v) is 12.6. The Morgan fingerprint density at radius 1 is 1.35 bits per heavy atom. The van der Waals surface area contributed by atoms with E-state index in [1.165, 1.54) is 18.5 Å². The summed E-state index contributed by atoms with van der Waals surface area (Å²) in [6.07, 6.45) is 1.50. The van der Waals surface area contributed by atoms with Gasteiger partial charge in [0.1, 0.15) is 12.0 Å². The van der Waals surface area contributed by atoms with Gasteiger partial charge in [0, 0.05) is 17.8 Å². The SMILES string of the molecule is CC1=NNC2(C)Nc3ncnn3C(c3ccc([N+](=O)[O-])cc3)C12. The molecule has 2 aromatic rings. The van der Waals surface area contributed by atoms with E-state index in [0.717, 1.165) is 11.3 Å². The van der Waals surface area contributed by atoms with Crippen molar-refractivity contribution in [1.29, 1.82) is 0 Å². The number of hydrogen-bond acceptors (Lipinski definition) is 7. The van der Waals surface area contributed by atoms with E-state index >= 15 is 0 Å². The van der Waals surface area contributed by atoms with Gasteiger partial charge in [-0.25, -0.2) is 4.68 Å². The molecule has 3 unspecified atom stereocenters. The van der Waals surface area contributed by atoms with E-state index in [0.29, 0.717) is 5.95 Å². The maximum atomic E-state index is 10.9. The first-order chi connectivity index (χ1) is 11.0. The topological polar surface area (TPSA) is 110 Å². The average Bonchev–Trinajstić information content (AvgIpc) is 3.09. The van der Waals surface area contributed by atoms with Gasteiger partial charge in [0.05, 0.1) is 16.9 Å². The summed E-state index contributed by atoms with van der Waals surface area (Å²) in [6, 6.07) is 6.43. The predicted molar refractivity (Wildman–Crippen MR) is 83.0 cm³/mol. The highest BCUT2D eigenvalue weighted by Crippen LogP contribution is 2.43. The number of aromatic nitrogens is 3. The standard InChI is InChI=1S/C14H15N7O2/c1-8-11-12(9-3-5-10(6-4-9)21(22)23)20-13(15-7-16-20)17-14(11,2)19-18-8/h3-7,11-12,19H,1-2H3,(H,15,16,17). The van der Waals surface area contributed by atoms with E-state index in [1.54, 1.807) is 16.8 Å². The zero-order valence-electron chi connectivity index (χ0n) is 12.6. The maximum absolute atomic E-state index is 10.9. The Labute approximate surface area is 131 Å². The Balaban J connectivity index is 1.84. The Bertz CT molecular complexity index is 813. The van der Waals surface area contributed by atoms with Crippen LogP contribution in [0.15, 0.2) is 35.7 Å². The fourth-order valence-electron chi connectivity index (χ4n) is 3.45. The molecule has 2 N–H and O–H groups in total. The van der Waals surface area contributed by atoms with E-state index in [9.17, 15) is 10.1 Å². The number of benzene rings is 1. The van der Waals surface area contributed by atoms with Crippen molar-refractivity contribution in [2.45, 2.75) is 25.6 Å². The number of nitrogens with zero attached hydrogens (tertiary/aromatic N) is 5. The van der Waals surface area contributed by atoms with Crippen molar-refractivity contribution >= 4 is 17.3 Å². The van der Waals surface area contributed by atoms with Crippen LogP contribution in [0, 0.1) is 16.0 Å². The van der Waals surface area contributed by atoms with Crippen molar-refractivity contribution in [3.05, 3.63) is 46.3 Å². The Hall–Kier alpha value is -2.97. The van der Waals surface area contributed by atoms with Crippen LogP contribution in [-0.4, -0.2) is 31.1 Å². The van der Waals surface area contributed by atoms with Crippen LogP contribution in [0.4, 0.5) is 11.6 Å². The summed E-state index contributed by atoms with van der Waals surface area (Å²) in [6.45, 7) is 3.99. The van der Waals surface area contributed by atoms with Gasteiger partial charge >= 0.3 is 0 Å². The van der Waals surface area contributed by atoms with E-state index in [-0.39, 0.29) is 17.6 Å². The van der Waals surface area contributed by atoms with Crippen molar-refractivity contribution < 1.29 is 4.92 Å². The van der Waals surface area contributed by atoms with Crippen LogP contribution < -0.4 is 10.7 Å². The first kappa shape index (κ1) is 13.7. The molecule has 2 aliphatic heterocycles. The highest BCUT2D eigenvalue weighted by atomic mass is 16.6. The molecule has 2 aliphatic rings. The molecule has 0 aliphatic carbocycles. The molecular formula is C14H15N7O2. The van der Waals surface area contributed by atoms with Crippen LogP contribution in [0.1, 0.15) is 25.5 Å². The molecule has 1 aromatic carbocycles. The molecule has 4 rings (SSSR count). The summed E-state index contributed by atoms with van der Waals surface area (Å²) in [5.41, 5.74) is 4.61. The predicted octanol–water partition coefficient (Wildman–Crippen LogP) is 1.51. The normalized spacial score (nSPS) is 28.2. The highest BCUT2D eigenvalue weighted by molar-refractivity contribution is 5.89. The quantitative estimate of drug-likeness (QED) is 0.642. The van der Waals surface area contributed by atoms with Crippen molar-refractivity contribution in [2.75, 3.05) is 5.32 Å². The lowest BCUT2D eigenvalue weighted by molar-refractivity contribution is -0.384. The van der Waals surface area contributed by atoms with Crippen molar-refractivity contribution in [1.82, 2.24) is 20.2 Å². The van der Waals surface area contributed by atoms with Crippen molar-refractivity contribution in [3.8, 4) is 0 Å². The van der Waals surface area contributed by atoms with Crippen LogP contribution in [0.5, 0.6) is 0 Å². The van der Waals surface area contributed by atoms with Gasteiger partial charge in [-0.15, -0.1) is 0 Å². The molecular weight excluding hydrogens is 298 g/mol. The van der Waals surface area contributed by atoms with Crippen molar-refractivity contribution in [3.63, 3.8) is 0 Å². The van der Waals surface area contributed by atoms with Crippen LogP contribution in [-0.2, 0) is 0 Å². The molecule has 0 saturated carbocycles. The summed E-state index contributed by atoms with van der Waals surface area (Å²) < 4.78 is 1.81. The molecule has 0 amide bonds. The molecule has 0 spiro atoms. The Morgan fingerprint density at radius 2 is 2.09 bits per heavy atom. The fourth-order valence-corrected chi connectivity index (χ4v) is 3.45. The molecule has 0 saturated heterocycles. The number of hydrazone groups is 1. The van der Waals surface area contributed by atoms with Gasteiger partial charge in [0.25, 0.3) is 5.69 Å². The summed E-state index contributed by atoms with van der Waals surface area (Å²) in [4.78, 5) is 14.7. The number of anilines is 1. The third kappa shape index (κ3) is 1.89. The van der Waals surface area contributed by atoms with Gasteiger partial charge < -0.3 is 5.32 Å². The number of non-ortho nitro benzene ring substituents is 1. The molecule has 118 valence electrons. The first-order valence-corrected chi connectivity index (χ1v) is 7.23. The van der Waals surface area contributed by atoms with Gasteiger partial charge in [0.15, 0.2) is 0 Å². The zero-order chi connectivity index (χ0) is 16.2.